The number of aryl methyl sites for hydroxylation is 2. The lowest BCUT2D eigenvalue weighted by Crippen LogP contribution is -2.26. The van der Waals surface area contributed by atoms with Crippen molar-refractivity contribution in [2.24, 2.45) is 0 Å². The van der Waals surface area contributed by atoms with Gasteiger partial charge in [0.25, 0.3) is 5.56 Å². The van der Waals surface area contributed by atoms with Crippen molar-refractivity contribution in [1.29, 1.82) is 0 Å². The van der Waals surface area contributed by atoms with E-state index in [1.165, 1.54) is 28.2 Å². The van der Waals surface area contributed by atoms with E-state index in [-0.39, 0.29) is 5.56 Å². The van der Waals surface area contributed by atoms with Gasteiger partial charge in [0.15, 0.2) is 0 Å². The third-order valence-corrected chi connectivity index (χ3v) is 6.88. The molecule has 3 heterocycles. The molecule has 0 aliphatic heterocycles. The fraction of sp³-hybridized carbons (Fsp3) is 0.474. The van der Waals surface area contributed by atoms with Crippen LogP contribution in [0.4, 0.5) is 5.95 Å². The van der Waals surface area contributed by atoms with E-state index in [1.807, 2.05) is 4.57 Å². The Balaban J connectivity index is 1.69. The molecule has 0 atom stereocenters. The normalized spacial score (nSPS) is 14.0. The highest BCUT2D eigenvalue weighted by Crippen LogP contribution is 2.34. The van der Waals surface area contributed by atoms with Crippen molar-refractivity contribution in [1.82, 2.24) is 9.55 Å². The van der Waals surface area contributed by atoms with E-state index < -0.39 is 0 Å². The molecule has 0 saturated carbocycles. The molecule has 6 heteroatoms. The van der Waals surface area contributed by atoms with Crippen LogP contribution in [0.2, 0.25) is 0 Å². The molecule has 1 aliphatic carbocycles. The van der Waals surface area contributed by atoms with Crippen LogP contribution < -0.4 is 10.9 Å². The zero-order valence-electron chi connectivity index (χ0n) is 14.5. The quantitative estimate of drug-likeness (QED) is 0.694. The van der Waals surface area contributed by atoms with Crippen LogP contribution in [-0.4, -0.2) is 16.1 Å². The topological polar surface area (TPSA) is 46.9 Å². The van der Waals surface area contributed by atoms with Crippen molar-refractivity contribution >= 4 is 38.8 Å². The van der Waals surface area contributed by atoms with Gasteiger partial charge in [-0.05, 0) is 55.5 Å². The van der Waals surface area contributed by atoms with E-state index in [0.717, 1.165) is 48.4 Å². The van der Waals surface area contributed by atoms with E-state index >= 15 is 0 Å². The maximum Gasteiger partial charge on any atom is 0.263 e. The van der Waals surface area contributed by atoms with Crippen LogP contribution in [-0.2, 0) is 25.8 Å². The first-order valence-electron chi connectivity index (χ1n) is 9.09. The van der Waals surface area contributed by atoms with Crippen molar-refractivity contribution < 1.29 is 0 Å². The Bertz CT molecular complexity index is 924. The van der Waals surface area contributed by atoms with Crippen LogP contribution in [0.1, 0.15) is 41.5 Å². The van der Waals surface area contributed by atoms with E-state index in [1.54, 1.807) is 22.7 Å². The number of hydrogen-bond acceptors (Lipinski definition) is 5. The smallest absolute Gasteiger partial charge is 0.263 e. The van der Waals surface area contributed by atoms with Gasteiger partial charge < -0.3 is 5.32 Å². The predicted molar refractivity (Wildman–Crippen MR) is 107 cm³/mol. The molecule has 0 saturated heterocycles. The summed E-state index contributed by atoms with van der Waals surface area (Å²) in [6, 6.07) is 4.23. The van der Waals surface area contributed by atoms with Gasteiger partial charge in [-0.1, -0.05) is 13.0 Å². The summed E-state index contributed by atoms with van der Waals surface area (Å²) in [5.41, 5.74) is 1.42. The molecule has 4 nitrogen and oxygen atoms in total. The molecule has 1 N–H and O–H groups in total. The van der Waals surface area contributed by atoms with Crippen molar-refractivity contribution in [3.05, 3.63) is 43.2 Å². The number of nitrogens with one attached hydrogen (secondary N) is 1. The largest absolute Gasteiger partial charge is 0.355 e. The van der Waals surface area contributed by atoms with Gasteiger partial charge in [-0.25, -0.2) is 4.98 Å². The number of aromatic nitrogens is 2. The lowest BCUT2D eigenvalue weighted by atomic mass is 9.97. The van der Waals surface area contributed by atoms with Crippen LogP contribution in [0.15, 0.2) is 22.3 Å². The molecule has 3 aromatic heterocycles. The minimum atomic E-state index is 0.143. The van der Waals surface area contributed by atoms with Gasteiger partial charge in [0, 0.05) is 22.8 Å². The first-order valence-corrected chi connectivity index (χ1v) is 10.8. The molecular weight excluding hydrogens is 350 g/mol. The van der Waals surface area contributed by atoms with Gasteiger partial charge in [0.2, 0.25) is 5.95 Å². The third kappa shape index (κ3) is 3.25. The summed E-state index contributed by atoms with van der Waals surface area (Å²) >= 11 is 3.49. The maximum absolute atomic E-state index is 13.2. The molecular formula is C19H23N3OS2. The summed E-state index contributed by atoms with van der Waals surface area (Å²) in [6.45, 7) is 3.62. The number of hydrogen-bond donors (Lipinski definition) is 1. The summed E-state index contributed by atoms with van der Waals surface area (Å²) in [6.07, 6.45) is 6.44. The van der Waals surface area contributed by atoms with Gasteiger partial charge >= 0.3 is 0 Å². The standard InChI is InChI=1S/C19H23N3OS2/c1-2-11-22-18(23)16-14-7-3-4-8-15(14)25-17(16)21-19(22)20-10-9-13-6-5-12-24-13/h5-6,12H,2-4,7-11H2,1H3,(H,20,21). The molecule has 0 radical (unpaired) electrons. The number of nitrogens with zero attached hydrogens (tertiary/aromatic N) is 2. The summed E-state index contributed by atoms with van der Waals surface area (Å²) in [5.74, 6) is 0.731. The Morgan fingerprint density at radius 1 is 1.32 bits per heavy atom. The Morgan fingerprint density at radius 3 is 3.00 bits per heavy atom. The predicted octanol–water partition coefficient (Wildman–Crippen LogP) is 4.46. The molecule has 0 fully saturated rings. The molecule has 4 rings (SSSR count). The van der Waals surface area contributed by atoms with E-state index in [9.17, 15) is 4.79 Å². The molecule has 0 aromatic carbocycles. The number of fused-ring (bicyclic) bond motifs is 3. The second-order valence-electron chi connectivity index (χ2n) is 6.54. The highest BCUT2D eigenvalue weighted by Gasteiger charge is 2.21. The Morgan fingerprint density at radius 2 is 2.20 bits per heavy atom. The molecule has 132 valence electrons. The van der Waals surface area contributed by atoms with Crippen molar-refractivity contribution in [3.8, 4) is 0 Å². The first kappa shape index (κ1) is 16.8. The minimum Gasteiger partial charge on any atom is -0.355 e. The fourth-order valence-corrected chi connectivity index (χ4v) is 5.52. The molecule has 0 bridgehead atoms. The highest BCUT2D eigenvalue weighted by molar-refractivity contribution is 7.18. The molecule has 0 unspecified atom stereocenters. The first-order chi connectivity index (χ1) is 12.3. The second-order valence-corrected chi connectivity index (χ2v) is 8.66. The average molecular weight is 374 g/mol. The summed E-state index contributed by atoms with van der Waals surface area (Å²) in [5, 5.41) is 6.40. The van der Waals surface area contributed by atoms with Gasteiger partial charge in [-0.3, -0.25) is 9.36 Å². The SMILES string of the molecule is CCCn1c(NCCc2cccs2)nc2sc3c(c2c1=O)CCCC3. The lowest BCUT2D eigenvalue weighted by Gasteiger charge is -2.14. The molecule has 0 amide bonds. The lowest BCUT2D eigenvalue weighted by molar-refractivity contribution is 0.651. The zero-order valence-corrected chi connectivity index (χ0v) is 16.1. The summed E-state index contributed by atoms with van der Waals surface area (Å²) < 4.78 is 1.85. The maximum atomic E-state index is 13.2. The Kier molecular flexibility index (Phi) is 4.90. The van der Waals surface area contributed by atoms with Crippen LogP contribution in [0.25, 0.3) is 10.2 Å². The van der Waals surface area contributed by atoms with E-state index in [2.05, 4.69) is 29.8 Å². The van der Waals surface area contributed by atoms with Crippen LogP contribution in [0, 0.1) is 0 Å². The van der Waals surface area contributed by atoms with Gasteiger partial charge in [0.1, 0.15) is 4.83 Å². The third-order valence-electron chi connectivity index (χ3n) is 4.76. The van der Waals surface area contributed by atoms with Gasteiger partial charge in [-0.2, -0.15) is 0 Å². The fourth-order valence-electron chi connectivity index (χ4n) is 3.56. The number of thiophene rings is 2. The number of anilines is 1. The highest BCUT2D eigenvalue weighted by atomic mass is 32.1. The van der Waals surface area contributed by atoms with Crippen LogP contribution in [0.3, 0.4) is 0 Å². The molecule has 0 spiro atoms. The minimum absolute atomic E-state index is 0.143. The molecule has 1 aliphatic rings. The van der Waals surface area contributed by atoms with Crippen molar-refractivity contribution in [2.75, 3.05) is 11.9 Å². The van der Waals surface area contributed by atoms with Gasteiger partial charge in [0.05, 0.1) is 5.39 Å². The van der Waals surface area contributed by atoms with Crippen LogP contribution in [0.5, 0.6) is 0 Å². The van der Waals surface area contributed by atoms with E-state index in [4.69, 9.17) is 4.98 Å². The van der Waals surface area contributed by atoms with Crippen molar-refractivity contribution in [3.63, 3.8) is 0 Å². The molecule has 25 heavy (non-hydrogen) atoms. The number of rotatable bonds is 6. The zero-order chi connectivity index (χ0) is 17.2. The monoisotopic (exact) mass is 373 g/mol. The second kappa shape index (κ2) is 7.30. The van der Waals surface area contributed by atoms with E-state index in [0.29, 0.717) is 6.54 Å². The molecule has 3 aromatic rings. The summed E-state index contributed by atoms with van der Waals surface area (Å²) in [4.78, 5) is 21.7. The Labute approximate surface area is 155 Å². The Hall–Kier alpha value is -1.66. The van der Waals surface area contributed by atoms with Crippen LogP contribution >= 0.6 is 22.7 Å². The van der Waals surface area contributed by atoms with Gasteiger partial charge in [-0.15, -0.1) is 22.7 Å². The average Bonchev–Trinajstić information content (AvgIpc) is 3.25. The summed E-state index contributed by atoms with van der Waals surface area (Å²) in [7, 11) is 0. The van der Waals surface area contributed by atoms with Crippen molar-refractivity contribution in [2.45, 2.75) is 52.0 Å².